The van der Waals surface area contributed by atoms with Gasteiger partial charge >= 0.3 is 0 Å². The first-order valence-electron chi connectivity index (χ1n) is 10.2. The van der Waals surface area contributed by atoms with Crippen LogP contribution in [0, 0.1) is 12.8 Å². The van der Waals surface area contributed by atoms with Crippen molar-refractivity contribution in [2.24, 2.45) is 5.92 Å². The molecule has 1 atom stereocenters. The van der Waals surface area contributed by atoms with Crippen molar-refractivity contribution >= 4 is 21.7 Å². The lowest BCUT2D eigenvalue weighted by Crippen LogP contribution is -2.53. The number of aromatic nitrogens is 4. The second-order valence-electron chi connectivity index (χ2n) is 7.87. The summed E-state index contributed by atoms with van der Waals surface area (Å²) >= 11 is 0. The Morgan fingerprint density at radius 1 is 1.07 bits per heavy atom. The van der Waals surface area contributed by atoms with E-state index in [0.717, 1.165) is 31.0 Å². The Labute approximate surface area is 176 Å². The highest BCUT2D eigenvalue weighted by atomic mass is 32.2. The lowest BCUT2D eigenvalue weighted by molar-refractivity contribution is -0.137. The van der Waals surface area contributed by atoms with Crippen LogP contribution in [0.2, 0.25) is 0 Å². The van der Waals surface area contributed by atoms with Gasteiger partial charge in [-0.3, -0.25) is 9.36 Å². The summed E-state index contributed by atoms with van der Waals surface area (Å²) in [5.41, 5.74) is 0. The number of rotatable bonds is 4. The van der Waals surface area contributed by atoms with Gasteiger partial charge in [0.2, 0.25) is 15.9 Å². The van der Waals surface area contributed by atoms with E-state index >= 15 is 0 Å². The van der Waals surface area contributed by atoms with Crippen molar-refractivity contribution in [2.45, 2.75) is 19.8 Å². The number of nitrogens with zero attached hydrogens (tertiary/aromatic N) is 7. The van der Waals surface area contributed by atoms with E-state index in [-0.39, 0.29) is 11.8 Å². The molecule has 0 spiro atoms. The number of amides is 1. The highest BCUT2D eigenvalue weighted by Gasteiger charge is 2.33. The van der Waals surface area contributed by atoms with E-state index < -0.39 is 10.0 Å². The van der Waals surface area contributed by atoms with Gasteiger partial charge in [0.1, 0.15) is 5.82 Å². The molecular weight excluding hydrogens is 406 g/mol. The molecule has 1 amide bonds. The first-order chi connectivity index (χ1) is 14.3. The largest absolute Gasteiger partial charge is 0.354 e. The van der Waals surface area contributed by atoms with Gasteiger partial charge in [-0.25, -0.2) is 13.4 Å². The third-order valence-electron chi connectivity index (χ3n) is 5.82. The summed E-state index contributed by atoms with van der Waals surface area (Å²) in [6.07, 6.45) is 6.52. The number of piperidine rings is 1. The van der Waals surface area contributed by atoms with Crippen LogP contribution in [0.15, 0.2) is 24.5 Å². The lowest BCUT2D eigenvalue weighted by atomic mass is 9.96. The molecular formula is C19H27N7O3S. The number of imidazole rings is 1. The van der Waals surface area contributed by atoms with Crippen molar-refractivity contribution in [2.75, 3.05) is 50.4 Å². The molecule has 2 aromatic heterocycles. The van der Waals surface area contributed by atoms with Crippen LogP contribution in [0.1, 0.15) is 18.7 Å². The molecule has 2 saturated heterocycles. The quantitative estimate of drug-likeness (QED) is 0.682. The molecule has 0 aliphatic carbocycles. The summed E-state index contributed by atoms with van der Waals surface area (Å²) in [6.45, 7) is 4.96. The number of hydrogen-bond donors (Lipinski definition) is 0. The Kier molecular flexibility index (Phi) is 5.74. The zero-order valence-corrected chi connectivity index (χ0v) is 18.1. The van der Waals surface area contributed by atoms with Gasteiger partial charge in [-0.05, 0) is 31.9 Å². The van der Waals surface area contributed by atoms with Gasteiger partial charge in [0.05, 0.1) is 12.2 Å². The minimum absolute atomic E-state index is 0.103. The second-order valence-corrected chi connectivity index (χ2v) is 9.85. The molecule has 4 heterocycles. The zero-order chi connectivity index (χ0) is 21.3. The van der Waals surface area contributed by atoms with Crippen molar-refractivity contribution in [1.82, 2.24) is 29.0 Å². The maximum atomic E-state index is 13.0. The average Bonchev–Trinajstić information content (AvgIpc) is 3.19. The highest BCUT2D eigenvalue weighted by Crippen LogP contribution is 2.24. The molecule has 0 radical (unpaired) electrons. The first kappa shape index (κ1) is 20.7. The van der Waals surface area contributed by atoms with Crippen LogP contribution >= 0.6 is 0 Å². The minimum Gasteiger partial charge on any atom is -0.354 e. The van der Waals surface area contributed by atoms with E-state index in [1.807, 2.05) is 29.8 Å². The lowest BCUT2D eigenvalue weighted by Gasteiger charge is -2.38. The molecule has 10 nitrogen and oxygen atoms in total. The standard InChI is InChI=1S/C19H27N7O3S/c1-15-20-7-9-26(15)18-6-5-17(21-22-18)24-8-3-4-16(14-24)19(27)23-10-12-25(13-11-23)30(2,28)29/h5-7,9,16H,3-4,8,10-14H2,1-2H3. The van der Waals surface area contributed by atoms with E-state index in [4.69, 9.17) is 0 Å². The number of aryl methyl sites for hydroxylation is 1. The molecule has 2 aliphatic heterocycles. The molecule has 2 fully saturated rings. The zero-order valence-electron chi connectivity index (χ0n) is 17.3. The van der Waals surface area contributed by atoms with Crippen LogP contribution in [-0.4, -0.2) is 88.8 Å². The van der Waals surface area contributed by atoms with Gasteiger partial charge in [0, 0.05) is 51.7 Å². The number of sulfonamides is 1. The summed E-state index contributed by atoms with van der Waals surface area (Å²) in [4.78, 5) is 21.1. The summed E-state index contributed by atoms with van der Waals surface area (Å²) in [5.74, 6) is 2.31. The van der Waals surface area contributed by atoms with E-state index in [1.165, 1.54) is 10.6 Å². The van der Waals surface area contributed by atoms with Crippen LogP contribution in [-0.2, 0) is 14.8 Å². The number of hydrogen-bond acceptors (Lipinski definition) is 7. The van der Waals surface area contributed by atoms with Gasteiger partial charge in [-0.15, -0.1) is 10.2 Å². The third kappa shape index (κ3) is 4.31. The predicted molar refractivity (Wildman–Crippen MR) is 112 cm³/mol. The van der Waals surface area contributed by atoms with Gasteiger partial charge in [0.25, 0.3) is 0 Å². The van der Waals surface area contributed by atoms with Crippen LogP contribution in [0.3, 0.4) is 0 Å². The van der Waals surface area contributed by atoms with Gasteiger partial charge in [-0.1, -0.05) is 0 Å². The monoisotopic (exact) mass is 433 g/mol. The van der Waals surface area contributed by atoms with E-state index in [2.05, 4.69) is 20.1 Å². The Balaban J connectivity index is 1.39. The maximum Gasteiger partial charge on any atom is 0.227 e. The maximum absolute atomic E-state index is 13.0. The van der Waals surface area contributed by atoms with Crippen molar-refractivity contribution in [3.63, 3.8) is 0 Å². The molecule has 1 unspecified atom stereocenters. The molecule has 2 aromatic rings. The fourth-order valence-electron chi connectivity index (χ4n) is 4.12. The minimum atomic E-state index is -3.20. The SMILES string of the molecule is Cc1nccn1-c1ccc(N2CCCC(C(=O)N3CCN(S(C)(=O)=O)CC3)C2)nn1. The van der Waals surface area contributed by atoms with Crippen LogP contribution in [0.4, 0.5) is 5.82 Å². The topological polar surface area (TPSA) is 105 Å². The summed E-state index contributed by atoms with van der Waals surface area (Å²) in [5, 5.41) is 8.69. The fraction of sp³-hybridized carbons (Fsp3) is 0.579. The molecule has 2 aliphatic rings. The Morgan fingerprint density at radius 2 is 1.77 bits per heavy atom. The smallest absolute Gasteiger partial charge is 0.227 e. The van der Waals surface area contributed by atoms with Crippen LogP contribution < -0.4 is 4.90 Å². The number of piperazine rings is 1. The van der Waals surface area contributed by atoms with E-state index in [9.17, 15) is 13.2 Å². The molecule has 0 aromatic carbocycles. The summed E-state index contributed by atoms with van der Waals surface area (Å²) in [6, 6.07) is 3.84. The van der Waals surface area contributed by atoms with Gasteiger partial charge < -0.3 is 9.80 Å². The van der Waals surface area contributed by atoms with E-state index in [1.54, 1.807) is 11.1 Å². The number of anilines is 1. The second kappa shape index (κ2) is 8.31. The Bertz CT molecular complexity index is 997. The molecule has 0 bridgehead atoms. The Morgan fingerprint density at radius 3 is 2.37 bits per heavy atom. The molecule has 162 valence electrons. The Hall–Kier alpha value is -2.53. The molecule has 4 rings (SSSR count). The van der Waals surface area contributed by atoms with Crippen molar-refractivity contribution in [1.29, 1.82) is 0 Å². The normalized spacial score (nSPS) is 21.1. The third-order valence-corrected chi connectivity index (χ3v) is 7.13. The van der Waals surface area contributed by atoms with Crippen molar-refractivity contribution < 1.29 is 13.2 Å². The summed E-state index contributed by atoms with van der Waals surface area (Å²) < 4.78 is 26.7. The van der Waals surface area contributed by atoms with Crippen LogP contribution in [0.25, 0.3) is 5.82 Å². The van der Waals surface area contributed by atoms with Crippen molar-refractivity contribution in [3.8, 4) is 5.82 Å². The van der Waals surface area contributed by atoms with E-state index in [0.29, 0.717) is 38.5 Å². The molecule has 30 heavy (non-hydrogen) atoms. The number of carbonyl (C=O) groups is 1. The average molecular weight is 434 g/mol. The van der Waals surface area contributed by atoms with Crippen molar-refractivity contribution in [3.05, 3.63) is 30.4 Å². The first-order valence-corrected chi connectivity index (χ1v) is 12.0. The fourth-order valence-corrected chi connectivity index (χ4v) is 4.95. The van der Waals surface area contributed by atoms with Gasteiger partial charge in [-0.2, -0.15) is 4.31 Å². The summed E-state index contributed by atoms with van der Waals surface area (Å²) in [7, 11) is -3.20. The highest BCUT2D eigenvalue weighted by molar-refractivity contribution is 7.88. The molecule has 0 saturated carbocycles. The molecule has 11 heteroatoms. The van der Waals surface area contributed by atoms with Gasteiger partial charge in [0.15, 0.2) is 11.6 Å². The number of carbonyl (C=O) groups excluding carboxylic acids is 1. The predicted octanol–water partition coefficient (Wildman–Crippen LogP) is 0.291. The van der Waals surface area contributed by atoms with Crippen LogP contribution in [0.5, 0.6) is 0 Å². The molecule has 0 N–H and O–H groups in total.